The van der Waals surface area contributed by atoms with Crippen LogP contribution in [0.4, 0.5) is 0 Å². The molecular weight excluding hydrogens is 82.0 g/mol. The quantitative estimate of drug-likeness (QED) is 0.405. The fourth-order valence-corrected chi connectivity index (χ4v) is 0.0430. The van der Waals surface area contributed by atoms with Gasteiger partial charge in [0.15, 0.2) is 0 Å². The highest BCUT2D eigenvalue weighted by Crippen LogP contribution is 1.60. The van der Waals surface area contributed by atoms with Crippen LogP contribution in [0.15, 0.2) is 0 Å². The maximum absolute atomic E-state index is 9.45. The van der Waals surface area contributed by atoms with Crippen molar-refractivity contribution >= 4 is 6.29 Å². The van der Waals surface area contributed by atoms with Gasteiger partial charge in [0.2, 0.25) is 0 Å². The molecule has 0 rings (SSSR count). The molecule has 0 saturated carbocycles. The van der Waals surface area contributed by atoms with Crippen LogP contribution in [0.25, 0.3) is 0 Å². The van der Waals surface area contributed by atoms with Crippen molar-refractivity contribution in [2.75, 3.05) is 6.61 Å². The third-order valence-corrected chi connectivity index (χ3v) is 0.386. The fraction of sp³-hybridized carbons (Fsp3) is 0.667. The van der Waals surface area contributed by atoms with Crippen molar-refractivity contribution in [3.8, 4) is 0 Å². The van der Waals surface area contributed by atoms with Gasteiger partial charge < -0.3 is 15.6 Å². The first-order valence-electron chi connectivity index (χ1n) is 1.63. The smallest absolute Gasteiger partial charge is 0.139 e. The highest BCUT2D eigenvalue weighted by molar-refractivity contribution is 5.56. The minimum absolute atomic E-state index is 0.260. The van der Waals surface area contributed by atoms with E-state index in [-0.39, 0.29) is 6.61 Å². The van der Waals surface area contributed by atoms with Crippen molar-refractivity contribution < 1.29 is 9.90 Å². The van der Waals surface area contributed by atoms with Gasteiger partial charge in [-0.15, -0.1) is 0 Å². The second-order valence-corrected chi connectivity index (χ2v) is 0.983. The van der Waals surface area contributed by atoms with Crippen molar-refractivity contribution in [1.82, 2.24) is 0 Å². The highest BCUT2D eigenvalue weighted by Gasteiger charge is 1.90. The molecule has 0 spiro atoms. The topological polar surface area (TPSA) is 63.3 Å². The number of rotatable bonds is 2. The summed E-state index contributed by atoms with van der Waals surface area (Å²) in [5.41, 5.74) is 4.85. The molecule has 36 valence electrons. The number of hydrogen-bond donors (Lipinski definition) is 2. The van der Waals surface area contributed by atoms with E-state index in [0.717, 1.165) is 0 Å². The van der Waals surface area contributed by atoms with E-state index in [9.17, 15) is 4.79 Å². The second-order valence-electron chi connectivity index (χ2n) is 0.983. The van der Waals surface area contributed by atoms with Crippen LogP contribution in [0.5, 0.6) is 0 Å². The Morgan fingerprint density at radius 3 is 2.50 bits per heavy atom. The summed E-state index contributed by atoms with van der Waals surface area (Å²) < 4.78 is 0. The molecule has 0 aromatic heterocycles. The van der Waals surface area contributed by atoms with Gasteiger partial charge in [0.1, 0.15) is 6.29 Å². The number of hydrogen-bond acceptors (Lipinski definition) is 3. The van der Waals surface area contributed by atoms with Gasteiger partial charge in [0, 0.05) is 0 Å². The molecule has 0 aliphatic carbocycles. The molecule has 0 heterocycles. The Balaban J connectivity index is 2.96. The molecule has 0 bridgehead atoms. The van der Waals surface area contributed by atoms with Gasteiger partial charge in [-0.05, 0) is 0 Å². The maximum atomic E-state index is 9.45. The molecule has 3 nitrogen and oxygen atoms in total. The normalized spacial score (nSPS) is 13.7. The second kappa shape index (κ2) is 2.81. The zero-order valence-electron chi connectivity index (χ0n) is 3.29. The summed E-state index contributed by atoms with van der Waals surface area (Å²) >= 11 is 0. The minimum Gasteiger partial charge on any atom is -0.394 e. The zero-order valence-corrected chi connectivity index (χ0v) is 3.29. The molecule has 0 unspecified atom stereocenters. The van der Waals surface area contributed by atoms with Gasteiger partial charge in [-0.2, -0.15) is 0 Å². The van der Waals surface area contributed by atoms with Gasteiger partial charge >= 0.3 is 0 Å². The van der Waals surface area contributed by atoms with Gasteiger partial charge in [0.05, 0.1) is 12.6 Å². The minimum atomic E-state index is -0.690. The number of carbonyl (C=O) groups is 1. The van der Waals surface area contributed by atoms with E-state index in [1.165, 1.54) is 0 Å². The molecule has 0 fully saturated rings. The number of nitrogens with two attached hydrogens (primary N) is 1. The van der Waals surface area contributed by atoms with Crippen LogP contribution in [0.2, 0.25) is 0 Å². The number of aliphatic hydroxyl groups is 1. The van der Waals surface area contributed by atoms with E-state index in [2.05, 4.69) is 0 Å². The fourth-order valence-electron chi connectivity index (χ4n) is 0.0430. The third kappa shape index (κ3) is 1.87. The Labute approximate surface area is 35.8 Å². The van der Waals surface area contributed by atoms with Gasteiger partial charge in [-0.1, -0.05) is 0 Å². The van der Waals surface area contributed by atoms with E-state index >= 15 is 0 Å². The molecule has 0 saturated heterocycles. The molecule has 0 aliphatic heterocycles. The average molecular weight is 89.1 g/mol. The summed E-state index contributed by atoms with van der Waals surface area (Å²) in [4.78, 5) is 9.45. The van der Waals surface area contributed by atoms with E-state index in [1.54, 1.807) is 0 Å². The van der Waals surface area contributed by atoms with Crippen molar-refractivity contribution in [2.45, 2.75) is 6.04 Å². The molecule has 3 heteroatoms. The largest absolute Gasteiger partial charge is 0.394 e. The molecule has 0 aromatic rings. The Kier molecular flexibility index (Phi) is 2.62. The predicted molar refractivity (Wildman–Crippen MR) is 21.1 cm³/mol. The first-order valence-corrected chi connectivity index (χ1v) is 1.63. The Bertz CT molecular complexity index is 46.1. The summed E-state index contributed by atoms with van der Waals surface area (Å²) in [7, 11) is 0. The Hall–Kier alpha value is -0.410. The number of aliphatic hydroxyl groups excluding tert-OH is 1. The molecule has 0 aromatic carbocycles. The molecule has 0 radical (unpaired) electrons. The zero-order chi connectivity index (χ0) is 4.99. The lowest BCUT2D eigenvalue weighted by Gasteiger charge is -1.90. The Morgan fingerprint density at radius 1 is 2.00 bits per heavy atom. The van der Waals surface area contributed by atoms with Crippen LogP contribution < -0.4 is 5.73 Å². The number of aldehydes is 1. The van der Waals surface area contributed by atoms with Crippen LogP contribution >= 0.6 is 0 Å². The van der Waals surface area contributed by atoms with Gasteiger partial charge in [-0.25, -0.2) is 0 Å². The van der Waals surface area contributed by atoms with Crippen LogP contribution in [0.1, 0.15) is 0 Å². The summed E-state index contributed by atoms with van der Waals surface area (Å²) in [6, 6.07) is -0.690. The monoisotopic (exact) mass is 89.0 g/mol. The van der Waals surface area contributed by atoms with E-state index in [1.807, 2.05) is 0 Å². The molecule has 0 amide bonds. The van der Waals surface area contributed by atoms with E-state index < -0.39 is 6.04 Å². The van der Waals surface area contributed by atoms with E-state index in [0.29, 0.717) is 6.29 Å². The maximum Gasteiger partial charge on any atom is 0.139 e. The van der Waals surface area contributed by atoms with Crippen LogP contribution in [-0.2, 0) is 4.79 Å². The highest BCUT2D eigenvalue weighted by atomic mass is 16.3. The van der Waals surface area contributed by atoms with Crippen LogP contribution in [-0.4, -0.2) is 24.0 Å². The van der Waals surface area contributed by atoms with Crippen LogP contribution in [0, 0.1) is 0 Å². The molecule has 3 N–H and O–H groups in total. The first kappa shape index (κ1) is 5.59. The van der Waals surface area contributed by atoms with Crippen molar-refractivity contribution in [2.24, 2.45) is 5.73 Å². The van der Waals surface area contributed by atoms with Gasteiger partial charge in [0.25, 0.3) is 0 Å². The summed E-state index contributed by atoms with van der Waals surface area (Å²) in [6.07, 6.45) is 0.500. The summed E-state index contributed by atoms with van der Waals surface area (Å²) in [5.74, 6) is 0. The van der Waals surface area contributed by atoms with Crippen LogP contribution in [0.3, 0.4) is 0 Å². The molecular formula is C3H7NO2. The number of carbonyl (C=O) groups excluding carboxylic acids is 1. The average Bonchev–Trinajstić information content (AvgIpc) is 1.65. The lowest BCUT2D eigenvalue weighted by atomic mass is 10.4. The summed E-state index contributed by atoms with van der Waals surface area (Å²) in [6.45, 7) is -0.260. The SMILES string of the molecule is N[C@H](C=O)CO. The van der Waals surface area contributed by atoms with E-state index in [4.69, 9.17) is 10.8 Å². The molecule has 6 heavy (non-hydrogen) atoms. The van der Waals surface area contributed by atoms with Gasteiger partial charge in [-0.3, -0.25) is 0 Å². The molecule has 0 aliphatic rings. The molecule has 1 atom stereocenters. The lowest BCUT2D eigenvalue weighted by Crippen LogP contribution is -2.25. The Morgan fingerprint density at radius 2 is 2.50 bits per heavy atom. The summed E-state index contributed by atoms with van der Waals surface area (Å²) in [5, 5.41) is 7.98. The third-order valence-electron chi connectivity index (χ3n) is 0.386. The van der Waals surface area contributed by atoms with Crippen molar-refractivity contribution in [3.05, 3.63) is 0 Å². The van der Waals surface area contributed by atoms with Crippen molar-refractivity contribution in [1.29, 1.82) is 0 Å². The van der Waals surface area contributed by atoms with Crippen molar-refractivity contribution in [3.63, 3.8) is 0 Å². The first-order chi connectivity index (χ1) is 2.81. The standard InChI is InChI=1S/C3H7NO2/c4-3(1-5)2-6/h1,3,6H,2,4H2/t3-/m1/s1. The lowest BCUT2D eigenvalue weighted by molar-refractivity contribution is -0.109. The predicted octanol–water partition coefficient (Wildman–Crippen LogP) is -1.50.